The van der Waals surface area contributed by atoms with Crippen LogP contribution in [0.1, 0.15) is 44.6 Å². The molecule has 0 aliphatic heterocycles. The fourth-order valence-electron chi connectivity index (χ4n) is 2.91. The van der Waals surface area contributed by atoms with Crippen LogP contribution in [0.5, 0.6) is 0 Å². The van der Waals surface area contributed by atoms with Gasteiger partial charge in [0.2, 0.25) is 0 Å². The average molecular weight is 278 g/mol. The van der Waals surface area contributed by atoms with Crippen LogP contribution in [0.25, 0.3) is 0 Å². The molecule has 112 valence electrons. The van der Waals surface area contributed by atoms with Crippen molar-refractivity contribution in [2.24, 2.45) is 0 Å². The Hall–Kier alpha value is -0.900. The van der Waals surface area contributed by atoms with Crippen molar-refractivity contribution in [3.8, 4) is 0 Å². The van der Waals surface area contributed by atoms with Gasteiger partial charge in [0, 0.05) is 6.61 Å². The van der Waals surface area contributed by atoms with E-state index < -0.39 is 0 Å². The highest BCUT2D eigenvalue weighted by Crippen LogP contribution is 2.34. The first-order valence-corrected chi connectivity index (χ1v) is 7.67. The Morgan fingerprint density at radius 3 is 2.70 bits per heavy atom. The summed E-state index contributed by atoms with van der Waals surface area (Å²) in [5.74, 6) is 0.490. The van der Waals surface area contributed by atoms with Gasteiger partial charge in [0.15, 0.2) is 0 Å². The number of rotatable bonds is 6. The standard InChI is InChI=1S/C17H26O3/c1-3-19-12-13(2)20-17-11-15(9-10-16(17)18)14-7-5-4-6-8-14/h4-8,13,15-18H,3,9-12H2,1-2H3. The van der Waals surface area contributed by atoms with Crippen LogP contribution in [0.3, 0.4) is 0 Å². The third-order valence-corrected chi connectivity index (χ3v) is 3.99. The third-order valence-electron chi connectivity index (χ3n) is 3.99. The summed E-state index contributed by atoms with van der Waals surface area (Å²) < 4.78 is 11.4. The topological polar surface area (TPSA) is 38.7 Å². The molecule has 0 bridgehead atoms. The maximum absolute atomic E-state index is 10.1. The number of hydrogen-bond acceptors (Lipinski definition) is 3. The molecule has 1 aliphatic rings. The highest BCUT2D eigenvalue weighted by molar-refractivity contribution is 5.20. The highest BCUT2D eigenvalue weighted by Gasteiger charge is 2.31. The quantitative estimate of drug-likeness (QED) is 0.869. The van der Waals surface area contributed by atoms with Crippen LogP contribution >= 0.6 is 0 Å². The maximum atomic E-state index is 10.1. The molecule has 1 aliphatic carbocycles. The summed E-state index contributed by atoms with van der Waals surface area (Å²) in [5.41, 5.74) is 1.35. The molecule has 2 rings (SSSR count). The first-order chi connectivity index (χ1) is 9.70. The molecule has 0 amide bonds. The van der Waals surface area contributed by atoms with Crippen LogP contribution in [0.15, 0.2) is 30.3 Å². The molecule has 1 aromatic rings. The monoisotopic (exact) mass is 278 g/mol. The molecule has 0 saturated heterocycles. The molecule has 3 heteroatoms. The lowest BCUT2D eigenvalue weighted by molar-refractivity contribution is -0.110. The molecule has 1 N–H and O–H groups in total. The van der Waals surface area contributed by atoms with E-state index in [1.54, 1.807) is 0 Å². The van der Waals surface area contributed by atoms with Gasteiger partial charge in [0.05, 0.1) is 24.9 Å². The summed E-state index contributed by atoms with van der Waals surface area (Å²) in [5, 5.41) is 10.1. The molecule has 0 heterocycles. The fraction of sp³-hybridized carbons (Fsp3) is 0.647. The average Bonchev–Trinajstić information content (AvgIpc) is 2.48. The van der Waals surface area contributed by atoms with Crippen LogP contribution in [0.4, 0.5) is 0 Å². The molecule has 1 fully saturated rings. The summed E-state index contributed by atoms with van der Waals surface area (Å²) >= 11 is 0. The molecule has 4 unspecified atom stereocenters. The van der Waals surface area contributed by atoms with Crippen LogP contribution in [-0.4, -0.2) is 36.6 Å². The van der Waals surface area contributed by atoms with Crippen molar-refractivity contribution in [1.29, 1.82) is 0 Å². The van der Waals surface area contributed by atoms with E-state index in [0.717, 1.165) is 19.3 Å². The van der Waals surface area contributed by atoms with Gasteiger partial charge in [-0.1, -0.05) is 30.3 Å². The molecule has 3 nitrogen and oxygen atoms in total. The highest BCUT2D eigenvalue weighted by atomic mass is 16.5. The smallest absolute Gasteiger partial charge is 0.0844 e. The van der Waals surface area contributed by atoms with Gasteiger partial charge in [0.25, 0.3) is 0 Å². The van der Waals surface area contributed by atoms with Crippen molar-refractivity contribution in [1.82, 2.24) is 0 Å². The molecule has 1 saturated carbocycles. The summed E-state index contributed by atoms with van der Waals surface area (Å²) in [6.45, 7) is 5.28. The lowest BCUT2D eigenvalue weighted by Crippen LogP contribution is -2.38. The summed E-state index contributed by atoms with van der Waals surface area (Å²) in [4.78, 5) is 0. The Kier molecular flexibility index (Phi) is 6.02. The normalized spacial score (nSPS) is 28.2. The van der Waals surface area contributed by atoms with E-state index in [-0.39, 0.29) is 18.3 Å². The molecule has 0 aromatic heterocycles. The number of aliphatic hydroxyl groups is 1. The Morgan fingerprint density at radius 2 is 2.00 bits per heavy atom. The summed E-state index contributed by atoms with van der Waals surface area (Å²) in [7, 11) is 0. The zero-order chi connectivity index (χ0) is 14.4. The maximum Gasteiger partial charge on any atom is 0.0844 e. The first-order valence-electron chi connectivity index (χ1n) is 7.67. The van der Waals surface area contributed by atoms with Crippen molar-refractivity contribution in [3.63, 3.8) is 0 Å². The van der Waals surface area contributed by atoms with Crippen molar-refractivity contribution in [2.75, 3.05) is 13.2 Å². The lowest BCUT2D eigenvalue weighted by Gasteiger charge is -2.35. The second kappa shape index (κ2) is 7.77. The predicted octanol–water partition coefficient (Wildman–Crippen LogP) is 3.13. The minimum absolute atomic E-state index is 0.0316. The second-order valence-electron chi connectivity index (χ2n) is 5.63. The predicted molar refractivity (Wildman–Crippen MR) is 79.9 cm³/mol. The summed E-state index contributed by atoms with van der Waals surface area (Å²) in [6, 6.07) is 10.5. The van der Waals surface area contributed by atoms with Gasteiger partial charge in [-0.3, -0.25) is 0 Å². The minimum atomic E-state index is -0.348. The van der Waals surface area contributed by atoms with E-state index in [0.29, 0.717) is 19.1 Å². The zero-order valence-corrected chi connectivity index (χ0v) is 12.5. The van der Waals surface area contributed by atoms with Gasteiger partial charge in [-0.05, 0) is 44.6 Å². The number of aliphatic hydroxyl groups excluding tert-OH is 1. The van der Waals surface area contributed by atoms with Crippen LogP contribution in [-0.2, 0) is 9.47 Å². The molecule has 20 heavy (non-hydrogen) atoms. The van der Waals surface area contributed by atoms with Crippen molar-refractivity contribution in [3.05, 3.63) is 35.9 Å². The largest absolute Gasteiger partial charge is 0.390 e. The van der Waals surface area contributed by atoms with Crippen molar-refractivity contribution < 1.29 is 14.6 Å². The van der Waals surface area contributed by atoms with Crippen molar-refractivity contribution >= 4 is 0 Å². The van der Waals surface area contributed by atoms with E-state index in [2.05, 4.69) is 24.3 Å². The van der Waals surface area contributed by atoms with Gasteiger partial charge < -0.3 is 14.6 Å². The van der Waals surface area contributed by atoms with Crippen LogP contribution in [0.2, 0.25) is 0 Å². The van der Waals surface area contributed by atoms with Crippen LogP contribution < -0.4 is 0 Å². The van der Waals surface area contributed by atoms with Gasteiger partial charge in [-0.25, -0.2) is 0 Å². The number of benzene rings is 1. The Balaban J connectivity index is 1.91. The molecular weight excluding hydrogens is 252 g/mol. The third kappa shape index (κ3) is 4.30. The molecular formula is C17H26O3. The number of ether oxygens (including phenoxy) is 2. The molecule has 4 atom stereocenters. The fourth-order valence-corrected chi connectivity index (χ4v) is 2.91. The molecule has 0 radical (unpaired) electrons. The van der Waals surface area contributed by atoms with Gasteiger partial charge >= 0.3 is 0 Å². The first kappa shape index (κ1) is 15.5. The van der Waals surface area contributed by atoms with Gasteiger partial charge in [-0.2, -0.15) is 0 Å². The van der Waals surface area contributed by atoms with Gasteiger partial charge in [0.1, 0.15) is 0 Å². The summed E-state index contributed by atoms with van der Waals surface area (Å²) in [6.07, 6.45) is 2.34. The Morgan fingerprint density at radius 1 is 1.25 bits per heavy atom. The van der Waals surface area contributed by atoms with Crippen molar-refractivity contribution in [2.45, 2.75) is 57.3 Å². The van der Waals surface area contributed by atoms with E-state index >= 15 is 0 Å². The lowest BCUT2D eigenvalue weighted by atomic mass is 9.81. The molecule has 1 aromatic carbocycles. The van der Waals surface area contributed by atoms with E-state index in [1.165, 1.54) is 5.56 Å². The van der Waals surface area contributed by atoms with E-state index in [9.17, 15) is 5.11 Å². The molecule has 0 spiro atoms. The SMILES string of the molecule is CCOCC(C)OC1CC(c2ccccc2)CCC1O. The second-order valence-corrected chi connectivity index (χ2v) is 5.63. The zero-order valence-electron chi connectivity index (χ0n) is 12.5. The number of hydrogen-bond donors (Lipinski definition) is 1. The van der Waals surface area contributed by atoms with Crippen LogP contribution in [0, 0.1) is 0 Å². The Labute approximate surface area is 121 Å². The Bertz CT molecular complexity index is 379. The van der Waals surface area contributed by atoms with Gasteiger partial charge in [-0.15, -0.1) is 0 Å². The minimum Gasteiger partial charge on any atom is -0.390 e. The van der Waals surface area contributed by atoms with E-state index in [4.69, 9.17) is 9.47 Å². The van der Waals surface area contributed by atoms with E-state index in [1.807, 2.05) is 19.9 Å².